The Labute approximate surface area is 197 Å². The molecule has 0 saturated carbocycles. The van der Waals surface area contributed by atoms with Gasteiger partial charge in [0.1, 0.15) is 0 Å². The van der Waals surface area contributed by atoms with Crippen molar-refractivity contribution in [2.45, 2.75) is 37.3 Å². The molecular formula is C26H26N2O4S. The van der Waals surface area contributed by atoms with E-state index >= 15 is 0 Å². The smallest absolute Gasteiger partial charge is 0.335 e. The fourth-order valence-corrected chi connectivity index (χ4v) is 4.28. The third kappa shape index (κ3) is 6.23. The molecule has 1 unspecified atom stereocenters. The summed E-state index contributed by atoms with van der Waals surface area (Å²) in [6.07, 6.45) is 0.577. The summed E-state index contributed by atoms with van der Waals surface area (Å²) in [5.74, 6) is -1.44. The van der Waals surface area contributed by atoms with Crippen molar-refractivity contribution in [2.24, 2.45) is 0 Å². The number of aryl methyl sites for hydroxylation is 2. The lowest BCUT2D eigenvalue weighted by molar-refractivity contribution is -0.115. The predicted octanol–water partition coefficient (Wildman–Crippen LogP) is 5.76. The van der Waals surface area contributed by atoms with Crippen LogP contribution in [-0.4, -0.2) is 28.1 Å². The number of amides is 2. The van der Waals surface area contributed by atoms with Crippen molar-refractivity contribution in [3.63, 3.8) is 0 Å². The Morgan fingerprint density at radius 3 is 2.36 bits per heavy atom. The molecule has 0 heterocycles. The SMILES string of the molecule is CCC(Sc1cccc(NC(=O)c2ccccc2C)c1)C(=O)Nc1cc(C(=O)O)ccc1C. The van der Waals surface area contributed by atoms with Crippen molar-refractivity contribution in [2.75, 3.05) is 10.6 Å². The second-order valence-corrected chi connectivity index (χ2v) is 8.91. The molecule has 0 aliphatic heterocycles. The van der Waals surface area contributed by atoms with Gasteiger partial charge in [-0.1, -0.05) is 37.3 Å². The molecule has 3 aromatic carbocycles. The van der Waals surface area contributed by atoms with Crippen molar-refractivity contribution in [3.05, 3.63) is 89.0 Å². The molecule has 3 N–H and O–H groups in total. The predicted molar refractivity (Wildman–Crippen MR) is 132 cm³/mol. The summed E-state index contributed by atoms with van der Waals surface area (Å²) in [6, 6.07) is 19.4. The fourth-order valence-electron chi connectivity index (χ4n) is 3.26. The van der Waals surface area contributed by atoms with Crippen LogP contribution in [0.5, 0.6) is 0 Å². The van der Waals surface area contributed by atoms with Gasteiger partial charge in [-0.2, -0.15) is 0 Å². The summed E-state index contributed by atoms with van der Waals surface area (Å²) >= 11 is 1.39. The molecule has 3 rings (SSSR count). The Bertz CT molecular complexity index is 1190. The highest BCUT2D eigenvalue weighted by atomic mass is 32.2. The fraction of sp³-hybridized carbons (Fsp3) is 0.192. The molecule has 0 saturated heterocycles. The molecule has 1 atom stereocenters. The molecule has 0 aromatic heterocycles. The Morgan fingerprint density at radius 2 is 1.67 bits per heavy atom. The lowest BCUT2D eigenvalue weighted by Gasteiger charge is -2.17. The minimum Gasteiger partial charge on any atom is -0.478 e. The van der Waals surface area contributed by atoms with Gasteiger partial charge in [-0.25, -0.2) is 4.79 Å². The summed E-state index contributed by atoms with van der Waals surface area (Å²) in [6.45, 7) is 5.62. The minimum absolute atomic E-state index is 0.119. The molecule has 6 nitrogen and oxygen atoms in total. The number of carbonyl (C=O) groups excluding carboxylic acids is 2. The first kappa shape index (κ1) is 24.1. The lowest BCUT2D eigenvalue weighted by Crippen LogP contribution is -2.25. The summed E-state index contributed by atoms with van der Waals surface area (Å²) in [4.78, 5) is 37.6. The van der Waals surface area contributed by atoms with Crippen LogP contribution in [0.25, 0.3) is 0 Å². The molecular weight excluding hydrogens is 436 g/mol. The van der Waals surface area contributed by atoms with Gasteiger partial charge in [-0.15, -0.1) is 11.8 Å². The third-order valence-electron chi connectivity index (χ3n) is 5.17. The van der Waals surface area contributed by atoms with Gasteiger partial charge in [0.2, 0.25) is 5.91 Å². The number of nitrogens with one attached hydrogen (secondary N) is 2. The quantitative estimate of drug-likeness (QED) is 0.370. The first-order valence-electron chi connectivity index (χ1n) is 10.6. The van der Waals surface area contributed by atoms with Gasteiger partial charge in [-0.05, 0) is 67.8 Å². The van der Waals surface area contributed by atoms with E-state index in [1.165, 1.54) is 23.9 Å². The Kier molecular flexibility index (Phi) is 7.90. The van der Waals surface area contributed by atoms with Gasteiger partial charge in [0, 0.05) is 21.8 Å². The molecule has 0 radical (unpaired) electrons. The maximum atomic E-state index is 12.9. The maximum Gasteiger partial charge on any atom is 0.335 e. The molecule has 7 heteroatoms. The number of carbonyl (C=O) groups is 3. The average Bonchev–Trinajstić information content (AvgIpc) is 2.79. The van der Waals surface area contributed by atoms with Crippen LogP contribution in [-0.2, 0) is 4.79 Å². The van der Waals surface area contributed by atoms with E-state index in [1.807, 2.05) is 63.2 Å². The highest BCUT2D eigenvalue weighted by Crippen LogP contribution is 2.29. The van der Waals surface area contributed by atoms with E-state index in [1.54, 1.807) is 12.1 Å². The monoisotopic (exact) mass is 462 g/mol. The second kappa shape index (κ2) is 10.8. The summed E-state index contributed by atoms with van der Waals surface area (Å²) < 4.78 is 0. The maximum absolute atomic E-state index is 12.9. The third-order valence-corrected chi connectivity index (χ3v) is 6.52. The van der Waals surface area contributed by atoms with E-state index in [-0.39, 0.29) is 22.6 Å². The first-order chi connectivity index (χ1) is 15.8. The molecule has 170 valence electrons. The van der Waals surface area contributed by atoms with Gasteiger partial charge in [0.25, 0.3) is 5.91 Å². The number of anilines is 2. The van der Waals surface area contributed by atoms with Crippen molar-refractivity contribution >= 4 is 40.9 Å². The van der Waals surface area contributed by atoms with Crippen molar-refractivity contribution < 1.29 is 19.5 Å². The van der Waals surface area contributed by atoms with Crippen LogP contribution in [0.1, 0.15) is 45.2 Å². The molecule has 0 aliphatic rings. The molecule has 2 amide bonds. The van der Waals surface area contributed by atoms with Gasteiger partial charge < -0.3 is 15.7 Å². The largest absolute Gasteiger partial charge is 0.478 e. The van der Waals surface area contributed by atoms with E-state index in [0.29, 0.717) is 23.4 Å². The van der Waals surface area contributed by atoms with Crippen LogP contribution in [0.3, 0.4) is 0 Å². The number of carboxylic acid groups (broad SMARTS) is 1. The van der Waals surface area contributed by atoms with Crippen molar-refractivity contribution in [3.8, 4) is 0 Å². The van der Waals surface area contributed by atoms with E-state index in [0.717, 1.165) is 16.0 Å². The standard InChI is InChI=1S/C26H26N2O4S/c1-4-23(25(30)28-22-14-18(26(31)32)13-12-17(22)3)33-20-10-7-9-19(15-20)27-24(29)21-11-6-5-8-16(21)2/h5-15,23H,4H2,1-3H3,(H,27,29)(H,28,30)(H,31,32). The highest BCUT2D eigenvalue weighted by molar-refractivity contribution is 8.00. The normalized spacial score (nSPS) is 11.5. The average molecular weight is 463 g/mol. The Balaban J connectivity index is 1.71. The molecule has 33 heavy (non-hydrogen) atoms. The van der Waals surface area contributed by atoms with Crippen LogP contribution < -0.4 is 10.6 Å². The molecule has 0 spiro atoms. The van der Waals surface area contributed by atoms with Crippen LogP contribution >= 0.6 is 11.8 Å². The molecule has 0 aliphatic carbocycles. The number of rotatable bonds is 8. The number of aromatic carboxylic acids is 1. The summed E-state index contributed by atoms with van der Waals surface area (Å²) in [5, 5.41) is 14.6. The van der Waals surface area contributed by atoms with Crippen molar-refractivity contribution in [1.29, 1.82) is 0 Å². The summed E-state index contributed by atoms with van der Waals surface area (Å²) in [5.41, 5.74) is 3.54. The van der Waals surface area contributed by atoms with E-state index in [2.05, 4.69) is 10.6 Å². The zero-order valence-electron chi connectivity index (χ0n) is 18.7. The van der Waals surface area contributed by atoms with Gasteiger partial charge in [0.15, 0.2) is 0 Å². The van der Waals surface area contributed by atoms with E-state index < -0.39 is 5.97 Å². The van der Waals surface area contributed by atoms with Crippen molar-refractivity contribution in [1.82, 2.24) is 0 Å². The highest BCUT2D eigenvalue weighted by Gasteiger charge is 2.20. The van der Waals surface area contributed by atoms with E-state index in [9.17, 15) is 19.5 Å². The molecule has 0 bridgehead atoms. The zero-order valence-corrected chi connectivity index (χ0v) is 19.5. The van der Waals surface area contributed by atoms with Crippen LogP contribution in [0, 0.1) is 13.8 Å². The second-order valence-electron chi connectivity index (χ2n) is 7.64. The summed E-state index contributed by atoms with van der Waals surface area (Å²) in [7, 11) is 0. The Hall–Kier alpha value is -3.58. The zero-order chi connectivity index (χ0) is 24.0. The minimum atomic E-state index is -1.04. The van der Waals surface area contributed by atoms with Gasteiger partial charge in [-0.3, -0.25) is 9.59 Å². The number of carboxylic acids is 1. The first-order valence-corrected chi connectivity index (χ1v) is 11.4. The molecule has 0 fully saturated rings. The Morgan fingerprint density at radius 1 is 0.909 bits per heavy atom. The van der Waals surface area contributed by atoms with Crippen LogP contribution in [0.4, 0.5) is 11.4 Å². The number of hydrogen-bond donors (Lipinski definition) is 3. The van der Waals surface area contributed by atoms with Gasteiger partial charge >= 0.3 is 5.97 Å². The van der Waals surface area contributed by atoms with Crippen LogP contribution in [0.15, 0.2) is 71.6 Å². The number of hydrogen-bond acceptors (Lipinski definition) is 4. The lowest BCUT2D eigenvalue weighted by atomic mass is 10.1. The molecule has 3 aromatic rings. The van der Waals surface area contributed by atoms with E-state index in [4.69, 9.17) is 0 Å². The topological polar surface area (TPSA) is 95.5 Å². The van der Waals surface area contributed by atoms with Crippen LogP contribution in [0.2, 0.25) is 0 Å². The number of benzene rings is 3. The van der Waals surface area contributed by atoms with Gasteiger partial charge in [0.05, 0.1) is 10.8 Å². The number of thioether (sulfide) groups is 1.